The highest BCUT2D eigenvalue weighted by molar-refractivity contribution is 7.08. The lowest BCUT2D eigenvalue weighted by atomic mass is 10.0. The van der Waals surface area contributed by atoms with Crippen molar-refractivity contribution >= 4 is 11.3 Å². The number of hydrogen-bond acceptors (Lipinski definition) is 4. The van der Waals surface area contributed by atoms with Crippen LogP contribution in [0.2, 0.25) is 0 Å². The Bertz CT molecular complexity index is 482. The summed E-state index contributed by atoms with van der Waals surface area (Å²) in [5.41, 5.74) is 8.31. The third-order valence-corrected chi connectivity index (χ3v) is 3.37. The average molecular weight is 249 g/mol. The van der Waals surface area contributed by atoms with Gasteiger partial charge in [0.05, 0.1) is 20.3 Å². The van der Waals surface area contributed by atoms with E-state index in [1.165, 1.54) is 0 Å². The highest BCUT2D eigenvalue weighted by atomic mass is 32.1. The van der Waals surface area contributed by atoms with Gasteiger partial charge in [0.1, 0.15) is 0 Å². The Balaban J connectivity index is 2.33. The van der Waals surface area contributed by atoms with Crippen LogP contribution in [0.15, 0.2) is 35.0 Å². The molecule has 0 saturated carbocycles. The van der Waals surface area contributed by atoms with Gasteiger partial charge in [-0.3, -0.25) is 0 Å². The number of hydrogen-bond donors (Lipinski definition) is 1. The predicted octanol–water partition coefficient (Wildman–Crippen LogP) is 2.81. The maximum absolute atomic E-state index is 6.19. The average Bonchev–Trinajstić information content (AvgIpc) is 2.90. The molecule has 2 aromatic rings. The van der Waals surface area contributed by atoms with Crippen molar-refractivity contribution < 1.29 is 9.47 Å². The van der Waals surface area contributed by atoms with Gasteiger partial charge < -0.3 is 15.2 Å². The van der Waals surface area contributed by atoms with Crippen molar-refractivity contribution in [1.29, 1.82) is 0 Å². The van der Waals surface area contributed by atoms with Gasteiger partial charge in [0, 0.05) is 0 Å². The molecule has 0 amide bonds. The molecule has 0 spiro atoms. The summed E-state index contributed by atoms with van der Waals surface area (Å²) in [6.07, 6.45) is 0. The number of nitrogens with two attached hydrogens (primary N) is 1. The molecule has 0 fully saturated rings. The number of benzene rings is 1. The van der Waals surface area contributed by atoms with Gasteiger partial charge in [-0.2, -0.15) is 11.3 Å². The highest BCUT2D eigenvalue weighted by Crippen LogP contribution is 2.31. The Morgan fingerprint density at radius 1 is 1.06 bits per heavy atom. The zero-order chi connectivity index (χ0) is 12.3. The molecular weight excluding hydrogens is 234 g/mol. The van der Waals surface area contributed by atoms with Crippen LogP contribution in [0.25, 0.3) is 0 Å². The Morgan fingerprint density at radius 2 is 1.82 bits per heavy atom. The fourth-order valence-corrected chi connectivity index (χ4v) is 2.39. The van der Waals surface area contributed by atoms with E-state index in [1.807, 2.05) is 29.6 Å². The van der Waals surface area contributed by atoms with Gasteiger partial charge >= 0.3 is 0 Å². The highest BCUT2D eigenvalue weighted by Gasteiger charge is 2.12. The van der Waals surface area contributed by atoms with Crippen molar-refractivity contribution in [3.8, 4) is 11.5 Å². The maximum atomic E-state index is 6.19. The lowest BCUT2D eigenvalue weighted by molar-refractivity contribution is 0.354. The molecule has 0 bridgehead atoms. The molecule has 0 saturated heterocycles. The Hall–Kier alpha value is -1.52. The third-order valence-electron chi connectivity index (χ3n) is 2.67. The molecule has 17 heavy (non-hydrogen) atoms. The minimum absolute atomic E-state index is 0.124. The van der Waals surface area contributed by atoms with Crippen LogP contribution in [-0.4, -0.2) is 14.2 Å². The summed E-state index contributed by atoms with van der Waals surface area (Å²) >= 11 is 1.64. The Morgan fingerprint density at radius 3 is 2.41 bits per heavy atom. The van der Waals surface area contributed by atoms with Gasteiger partial charge in [0.2, 0.25) is 0 Å². The second-order valence-electron chi connectivity index (χ2n) is 3.65. The van der Waals surface area contributed by atoms with Crippen molar-refractivity contribution in [1.82, 2.24) is 0 Å². The van der Waals surface area contributed by atoms with Crippen LogP contribution >= 0.6 is 11.3 Å². The Labute approximate surface area is 105 Å². The van der Waals surface area contributed by atoms with Gasteiger partial charge in [-0.15, -0.1) is 0 Å². The molecular formula is C13H15NO2S. The van der Waals surface area contributed by atoms with Crippen LogP contribution in [0.3, 0.4) is 0 Å². The van der Waals surface area contributed by atoms with E-state index in [-0.39, 0.29) is 6.04 Å². The summed E-state index contributed by atoms with van der Waals surface area (Å²) in [7, 11) is 3.24. The van der Waals surface area contributed by atoms with E-state index >= 15 is 0 Å². The molecule has 1 heterocycles. The molecule has 0 aliphatic rings. The zero-order valence-corrected chi connectivity index (χ0v) is 10.7. The van der Waals surface area contributed by atoms with Crippen LogP contribution in [0.1, 0.15) is 17.2 Å². The first-order chi connectivity index (χ1) is 8.26. The van der Waals surface area contributed by atoms with E-state index in [9.17, 15) is 0 Å². The minimum atomic E-state index is -0.124. The second-order valence-corrected chi connectivity index (χ2v) is 4.43. The fourth-order valence-electron chi connectivity index (χ4n) is 1.69. The summed E-state index contributed by atoms with van der Waals surface area (Å²) in [4.78, 5) is 0. The third kappa shape index (κ3) is 2.43. The largest absolute Gasteiger partial charge is 0.493 e. The zero-order valence-electron chi connectivity index (χ0n) is 9.84. The molecule has 1 aromatic heterocycles. The molecule has 2 N–H and O–H groups in total. The molecule has 1 atom stereocenters. The number of rotatable bonds is 4. The molecule has 1 aromatic carbocycles. The van der Waals surface area contributed by atoms with Crippen LogP contribution in [0.5, 0.6) is 11.5 Å². The topological polar surface area (TPSA) is 44.5 Å². The summed E-state index contributed by atoms with van der Waals surface area (Å²) in [6.45, 7) is 0. The minimum Gasteiger partial charge on any atom is -0.493 e. The predicted molar refractivity (Wildman–Crippen MR) is 69.9 cm³/mol. The van der Waals surface area contributed by atoms with Crippen molar-refractivity contribution in [2.75, 3.05) is 14.2 Å². The van der Waals surface area contributed by atoms with Gasteiger partial charge in [-0.25, -0.2) is 0 Å². The summed E-state index contributed by atoms with van der Waals surface area (Å²) in [6, 6.07) is 7.66. The van der Waals surface area contributed by atoms with Crippen LogP contribution in [0, 0.1) is 0 Å². The first kappa shape index (κ1) is 12.0. The van der Waals surface area contributed by atoms with Crippen molar-refractivity contribution in [2.24, 2.45) is 5.73 Å². The van der Waals surface area contributed by atoms with Crippen LogP contribution in [0.4, 0.5) is 0 Å². The normalized spacial score (nSPS) is 12.2. The monoisotopic (exact) mass is 249 g/mol. The molecule has 0 aliphatic carbocycles. The van der Waals surface area contributed by atoms with Crippen LogP contribution < -0.4 is 15.2 Å². The van der Waals surface area contributed by atoms with Crippen molar-refractivity contribution in [3.63, 3.8) is 0 Å². The van der Waals surface area contributed by atoms with Crippen molar-refractivity contribution in [2.45, 2.75) is 6.04 Å². The van der Waals surface area contributed by atoms with Gasteiger partial charge in [-0.05, 0) is 40.1 Å². The maximum Gasteiger partial charge on any atom is 0.161 e. The second kappa shape index (κ2) is 5.21. The summed E-state index contributed by atoms with van der Waals surface area (Å²) in [5.74, 6) is 1.42. The molecule has 3 nitrogen and oxygen atoms in total. The van der Waals surface area contributed by atoms with E-state index in [4.69, 9.17) is 15.2 Å². The Kier molecular flexibility index (Phi) is 3.66. The van der Waals surface area contributed by atoms with Gasteiger partial charge in [0.25, 0.3) is 0 Å². The van der Waals surface area contributed by atoms with E-state index < -0.39 is 0 Å². The quantitative estimate of drug-likeness (QED) is 0.906. The fraction of sp³-hybridized carbons (Fsp3) is 0.231. The lowest BCUT2D eigenvalue weighted by Gasteiger charge is -2.14. The van der Waals surface area contributed by atoms with E-state index in [0.717, 1.165) is 11.1 Å². The smallest absolute Gasteiger partial charge is 0.161 e. The lowest BCUT2D eigenvalue weighted by Crippen LogP contribution is -2.11. The summed E-state index contributed by atoms with van der Waals surface area (Å²) < 4.78 is 10.5. The first-order valence-electron chi connectivity index (χ1n) is 5.26. The number of ether oxygens (including phenoxy) is 2. The summed E-state index contributed by atoms with van der Waals surface area (Å²) in [5, 5.41) is 4.08. The SMILES string of the molecule is COc1ccc([C@H](N)c2ccsc2)cc1OC. The molecule has 0 radical (unpaired) electrons. The van der Waals surface area contributed by atoms with Crippen LogP contribution in [-0.2, 0) is 0 Å². The molecule has 0 aliphatic heterocycles. The van der Waals surface area contributed by atoms with Crippen molar-refractivity contribution in [3.05, 3.63) is 46.2 Å². The van der Waals surface area contributed by atoms with E-state index in [0.29, 0.717) is 11.5 Å². The molecule has 0 unspecified atom stereocenters. The number of methoxy groups -OCH3 is 2. The molecule has 4 heteroatoms. The van der Waals surface area contributed by atoms with E-state index in [1.54, 1.807) is 25.6 Å². The van der Waals surface area contributed by atoms with Gasteiger partial charge in [-0.1, -0.05) is 6.07 Å². The standard InChI is InChI=1S/C13H15NO2S/c1-15-11-4-3-9(7-12(11)16-2)13(14)10-5-6-17-8-10/h3-8,13H,14H2,1-2H3/t13-/m0/s1. The van der Waals surface area contributed by atoms with E-state index in [2.05, 4.69) is 5.38 Å². The molecule has 90 valence electrons. The van der Waals surface area contributed by atoms with Gasteiger partial charge in [0.15, 0.2) is 11.5 Å². The molecule has 2 rings (SSSR count). The number of thiophene rings is 1. The first-order valence-corrected chi connectivity index (χ1v) is 6.20.